The van der Waals surface area contributed by atoms with E-state index in [1.807, 2.05) is 51.3 Å². The second-order valence-electron chi connectivity index (χ2n) is 13.3. The van der Waals surface area contributed by atoms with E-state index in [1.165, 1.54) is 0 Å². The van der Waals surface area contributed by atoms with Gasteiger partial charge >= 0.3 is 29.7 Å². The molecule has 4 amide bonds. The Labute approximate surface area is 303 Å². The SMILES string of the molecule is CCO[Si](CCCNC(=O)N(CC1CCCC(CN(CC2CO2)C(=O)NCCC[Si](OCC)(OCC)OCC)C1)CC1CO1)(OCC)OCC. The van der Waals surface area contributed by atoms with Crippen molar-refractivity contribution in [3.8, 4) is 0 Å². The lowest BCUT2D eigenvalue weighted by Crippen LogP contribution is -2.48. The standard InChI is InChI=1S/C34H68N4O10Si2/c1-7-43-49(44-8-2,45-9-3)20-14-18-35-33(39)37(25-31-27-41-31)23-29-16-13-17-30(22-29)24-38(26-32-28-42-32)34(40)36-19-15-21-50(46-10-4,47-11-5)48-12-6/h29-32H,7-28H2,1-6H3,(H,35,39)(H,36,40). The zero-order valence-electron chi connectivity index (χ0n) is 31.8. The minimum Gasteiger partial charge on any atom is -0.374 e. The van der Waals surface area contributed by atoms with Gasteiger partial charge in [-0.3, -0.25) is 0 Å². The number of nitrogens with zero attached hydrogens (tertiary/aromatic N) is 2. The number of ether oxygens (including phenoxy) is 2. The third-order valence-corrected chi connectivity index (χ3v) is 15.4. The van der Waals surface area contributed by atoms with Crippen LogP contribution in [0.15, 0.2) is 0 Å². The van der Waals surface area contributed by atoms with Crippen molar-refractivity contribution in [1.29, 1.82) is 0 Å². The maximum atomic E-state index is 13.4. The molecule has 3 aliphatic rings. The molecule has 0 radical (unpaired) electrons. The highest BCUT2D eigenvalue weighted by atomic mass is 28.4. The van der Waals surface area contributed by atoms with Gasteiger partial charge in [-0.05, 0) is 85.5 Å². The van der Waals surface area contributed by atoms with Crippen LogP contribution < -0.4 is 10.6 Å². The van der Waals surface area contributed by atoms with Crippen molar-refractivity contribution in [2.45, 2.75) is 104 Å². The minimum absolute atomic E-state index is 0.0592. The van der Waals surface area contributed by atoms with E-state index in [0.29, 0.717) is 129 Å². The van der Waals surface area contributed by atoms with Crippen LogP contribution in [0, 0.1) is 11.8 Å². The number of epoxide rings is 2. The Balaban J connectivity index is 1.50. The highest BCUT2D eigenvalue weighted by Crippen LogP contribution is 2.31. The smallest absolute Gasteiger partial charge is 0.374 e. The molecular weight excluding hydrogens is 681 g/mol. The van der Waals surface area contributed by atoms with Crippen molar-refractivity contribution in [1.82, 2.24) is 20.4 Å². The molecule has 2 aliphatic heterocycles. The molecule has 0 aromatic rings. The van der Waals surface area contributed by atoms with Crippen LogP contribution in [0.5, 0.6) is 0 Å². The Bertz CT molecular complexity index is 859. The summed E-state index contributed by atoms with van der Waals surface area (Å²) >= 11 is 0. The first-order chi connectivity index (χ1) is 24.2. The number of amides is 4. The number of carbonyl (C=O) groups excluding carboxylic acids is 2. The molecule has 16 heteroatoms. The normalized spacial score (nSPS) is 21.9. The molecule has 4 unspecified atom stereocenters. The van der Waals surface area contributed by atoms with Gasteiger partial charge in [0.25, 0.3) is 0 Å². The average Bonchev–Trinajstić information content (AvgIpc) is 4.03. The molecule has 0 bridgehead atoms. The Hall–Kier alpha value is -1.35. The van der Waals surface area contributed by atoms with Crippen molar-refractivity contribution in [2.75, 3.05) is 92.1 Å². The van der Waals surface area contributed by atoms with Crippen molar-refractivity contribution in [2.24, 2.45) is 11.8 Å². The summed E-state index contributed by atoms with van der Waals surface area (Å²) in [6.45, 7) is 19.9. The zero-order valence-corrected chi connectivity index (χ0v) is 33.8. The summed E-state index contributed by atoms with van der Waals surface area (Å²) in [6, 6.07) is 1.20. The molecule has 2 N–H and O–H groups in total. The summed E-state index contributed by atoms with van der Waals surface area (Å²) in [4.78, 5) is 30.7. The van der Waals surface area contributed by atoms with Gasteiger partial charge in [-0.1, -0.05) is 6.42 Å². The Kier molecular flexibility index (Phi) is 20.1. The fourth-order valence-corrected chi connectivity index (χ4v) is 12.1. The first-order valence-corrected chi connectivity index (χ1v) is 23.2. The second kappa shape index (κ2) is 23.3. The zero-order chi connectivity index (χ0) is 36.2. The molecule has 1 saturated carbocycles. The molecular formula is C34H68N4O10Si2. The summed E-state index contributed by atoms with van der Waals surface area (Å²) in [5.74, 6) is 0.728. The predicted octanol–water partition coefficient (Wildman–Crippen LogP) is 4.49. The van der Waals surface area contributed by atoms with Crippen molar-refractivity contribution in [3.63, 3.8) is 0 Å². The third kappa shape index (κ3) is 15.7. The van der Waals surface area contributed by atoms with E-state index in [2.05, 4.69) is 10.6 Å². The molecule has 14 nitrogen and oxygen atoms in total. The van der Waals surface area contributed by atoms with Gasteiger partial charge in [0, 0.05) is 77.9 Å². The van der Waals surface area contributed by atoms with Crippen LogP contribution >= 0.6 is 0 Å². The summed E-state index contributed by atoms with van der Waals surface area (Å²) in [7, 11) is -5.50. The van der Waals surface area contributed by atoms with Gasteiger partial charge in [0.15, 0.2) is 0 Å². The molecule has 0 spiro atoms. The lowest BCUT2D eigenvalue weighted by Gasteiger charge is -2.35. The lowest BCUT2D eigenvalue weighted by molar-refractivity contribution is 0.0700. The first kappa shape index (κ1) is 43.1. The second-order valence-corrected chi connectivity index (χ2v) is 18.7. The molecule has 2 saturated heterocycles. The highest BCUT2D eigenvalue weighted by Gasteiger charge is 2.41. The van der Waals surface area contributed by atoms with Crippen LogP contribution in [0.4, 0.5) is 9.59 Å². The lowest BCUT2D eigenvalue weighted by atomic mass is 9.81. The molecule has 4 atom stereocenters. The molecule has 1 aliphatic carbocycles. The number of nitrogens with one attached hydrogen (secondary N) is 2. The van der Waals surface area contributed by atoms with E-state index in [1.54, 1.807) is 0 Å². The van der Waals surface area contributed by atoms with Crippen LogP contribution in [0.2, 0.25) is 12.1 Å². The molecule has 3 fully saturated rings. The highest BCUT2D eigenvalue weighted by molar-refractivity contribution is 6.61. The number of hydrogen-bond donors (Lipinski definition) is 2. The maximum Gasteiger partial charge on any atom is 0.500 e. The van der Waals surface area contributed by atoms with E-state index in [0.717, 1.165) is 25.7 Å². The maximum absolute atomic E-state index is 13.4. The number of hydrogen-bond acceptors (Lipinski definition) is 10. The van der Waals surface area contributed by atoms with Crippen LogP contribution in [-0.4, -0.2) is 144 Å². The fraction of sp³-hybridized carbons (Fsp3) is 0.941. The predicted molar refractivity (Wildman–Crippen MR) is 195 cm³/mol. The Morgan fingerprint density at radius 2 is 0.940 bits per heavy atom. The fourth-order valence-electron chi connectivity index (χ4n) is 6.90. The van der Waals surface area contributed by atoms with Crippen molar-refractivity contribution < 1.29 is 45.6 Å². The van der Waals surface area contributed by atoms with Crippen LogP contribution in [-0.2, 0) is 36.0 Å². The van der Waals surface area contributed by atoms with E-state index < -0.39 is 17.6 Å². The quantitative estimate of drug-likeness (QED) is 0.0667. The summed E-state index contributed by atoms with van der Waals surface area (Å²) in [5.41, 5.74) is 0. The van der Waals surface area contributed by atoms with Gasteiger partial charge < -0.3 is 56.5 Å². The van der Waals surface area contributed by atoms with Gasteiger partial charge in [0.1, 0.15) is 0 Å². The summed E-state index contributed by atoms with van der Waals surface area (Å²) < 4.78 is 46.9. The minimum atomic E-state index is -2.75. The molecule has 2 heterocycles. The first-order valence-electron chi connectivity index (χ1n) is 19.4. The van der Waals surface area contributed by atoms with Gasteiger partial charge in [-0.15, -0.1) is 0 Å². The van der Waals surface area contributed by atoms with Crippen LogP contribution in [0.25, 0.3) is 0 Å². The Morgan fingerprint density at radius 1 is 0.600 bits per heavy atom. The molecule has 0 aromatic carbocycles. The van der Waals surface area contributed by atoms with E-state index in [-0.39, 0.29) is 24.3 Å². The van der Waals surface area contributed by atoms with E-state index >= 15 is 0 Å². The third-order valence-electron chi connectivity index (χ3n) is 9.13. The van der Waals surface area contributed by atoms with E-state index in [9.17, 15) is 9.59 Å². The molecule has 50 heavy (non-hydrogen) atoms. The Morgan fingerprint density at radius 3 is 1.24 bits per heavy atom. The van der Waals surface area contributed by atoms with Gasteiger partial charge in [0.2, 0.25) is 0 Å². The van der Waals surface area contributed by atoms with Crippen LogP contribution in [0.1, 0.15) is 80.1 Å². The van der Waals surface area contributed by atoms with E-state index in [4.69, 9.17) is 36.0 Å². The largest absolute Gasteiger partial charge is 0.500 e. The van der Waals surface area contributed by atoms with Gasteiger partial charge in [-0.2, -0.15) is 0 Å². The van der Waals surface area contributed by atoms with Crippen LogP contribution in [0.3, 0.4) is 0 Å². The van der Waals surface area contributed by atoms with Gasteiger partial charge in [-0.25, -0.2) is 9.59 Å². The number of rotatable bonds is 28. The monoisotopic (exact) mass is 748 g/mol. The number of urea groups is 2. The van der Waals surface area contributed by atoms with Gasteiger partial charge in [0.05, 0.1) is 38.5 Å². The molecule has 3 rings (SSSR count). The summed E-state index contributed by atoms with van der Waals surface area (Å²) in [5, 5.41) is 6.27. The molecule has 0 aromatic heterocycles. The average molecular weight is 749 g/mol. The topological polar surface area (TPSA) is 145 Å². The van der Waals surface area contributed by atoms with Crippen molar-refractivity contribution in [3.05, 3.63) is 0 Å². The number of carbonyl (C=O) groups is 2. The van der Waals surface area contributed by atoms with Crippen molar-refractivity contribution >= 4 is 29.7 Å². The summed E-state index contributed by atoms with van der Waals surface area (Å²) in [6.07, 6.45) is 5.84. The molecule has 292 valence electrons.